The topological polar surface area (TPSA) is 66.2 Å². The molecule has 0 aromatic rings. The summed E-state index contributed by atoms with van der Waals surface area (Å²) in [7, 11) is 0. The van der Waals surface area contributed by atoms with Gasteiger partial charge in [0.15, 0.2) is 0 Å². The van der Waals surface area contributed by atoms with Crippen molar-refractivity contribution in [1.29, 1.82) is 0 Å². The summed E-state index contributed by atoms with van der Waals surface area (Å²) in [5.74, 6) is -0.508. The Bertz CT molecular complexity index is 321. The largest absolute Gasteiger partial charge is 0.366 e. The maximum Gasteiger partial charge on any atom is 0.247 e. The summed E-state index contributed by atoms with van der Waals surface area (Å²) in [6.45, 7) is 7.01. The average molecular weight is 309 g/mol. The second-order valence-corrected chi connectivity index (χ2v) is 5.54. The summed E-state index contributed by atoms with van der Waals surface area (Å²) in [6.07, 6.45) is 0. The molecule has 0 atom stereocenters. The number of primary amides is 1. The molecular weight excluding hydrogens is 295 g/mol. The number of nitrogens with zero attached hydrogens (tertiary/aromatic N) is 1. The second kappa shape index (κ2) is 3.18. The molecule has 0 aliphatic carbocycles. The van der Waals surface area contributed by atoms with Crippen LogP contribution in [0.15, 0.2) is 9.15 Å². The summed E-state index contributed by atoms with van der Waals surface area (Å²) in [4.78, 5) is 11.3. The summed E-state index contributed by atoms with van der Waals surface area (Å²) < 4.78 is 0.739. The zero-order chi connectivity index (χ0) is 11.3. The van der Waals surface area contributed by atoms with Crippen LogP contribution in [-0.4, -0.2) is 22.0 Å². The Labute approximate surface area is 97.2 Å². The van der Waals surface area contributed by atoms with Crippen molar-refractivity contribution in [3.05, 3.63) is 9.15 Å². The lowest BCUT2D eigenvalue weighted by atomic mass is 9.96. The van der Waals surface area contributed by atoms with Crippen LogP contribution in [0.3, 0.4) is 0 Å². The Morgan fingerprint density at radius 1 is 1.29 bits per heavy atom. The number of hydrogen-bond donors (Lipinski definition) is 1. The van der Waals surface area contributed by atoms with Crippen molar-refractivity contribution in [2.45, 2.75) is 38.8 Å². The van der Waals surface area contributed by atoms with E-state index in [1.807, 2.05) is 22.6 Å². The molecule has 1 radical (unpaired) electrons. The van der Waals surface area contributed by atoms with Crippen LogP contribution in [0.1, 0.15) is 27.7 Å². The van der Waals surface area contributed by atoms with Gasteiger partial charge in [0.1, 0.15) is 0 Å². The number of rotatable bonds is 1. The van der Waals surface area contributed by atoms with Crippen molar-refractivity contribution in [2.24, 2.45) is 5.73 Å². The highest BCUT2D eigenvalue weighted by molar-refractivity contribution is 14.1. The lowest BCUT2D eigenvalue weighted by Crippen LogP contribution is -2.48. The highest BCUT2D eigenvalue weighted by Gasteiger charge is 2.52. The van der Waals surface area contributed by atoms with E-state index in [0.717, 1.165) is 8.64 Å². The molecule has 0 aromatic carbocycles. The summed E-state index contributed by atoms with van der Waals surface area (Å²) in [5, 5.41) is 12.9. The fraction of sp³-hybridized carbons (Fsp3) is 0.667. The molecule has 0 saturated heterocycles. The van der Waals surface area contributed by atoms with Gasteiger partial charge in [0.05, 0.1) is 16.7 Å². The third-order valence-electron chi connectivity index (χ3n) is 2.63. The molecule has 0 saturated carbocycles. The summed E-state index contributed by atoms with van der Waals surface area (Å²) >= 11 is 2.03. The predicted octanol–water partition coefficient (Wildman–Crippen LogP) is 1.38. The Morgan fingerprint density at radius 2 is 1.71 bits per heavy atom. The van der Waals surface area contributed by atoms with Crippen LogP contribution in [0, 0.1) is 0 Å². The lowest BCUT2D eigenvalue weighted by Gasteiger charge is -2.33. The normalized spacial score (nSPS) is 25.6. The fourth-order valence-corrected chi connectivity index (χ4v) is 3.02. The van der Waals surface area contributed by atoms with Gasteiger partial charge in [0, 0.05) is 3.58 Å². The quantitative estimate of drug-likeness (QED) is 0.744. The van der Waals surface area contributed by atoms with E-state index in [9.17, 15) is 10.0 Å². The van der Waals surface area contributed by atoms with Gasteiger partial charge in [-0.15, -0.1) is 10.3 Å². The molecule has 0 unspecified atom stereocenters. The maximum absolute atomic E-state index is 11.9. The van der Waals surface area contributed by atoms with Crippen molar-refractivity contribution in [2.75, 3.05) is 0 Å². The number of amides is 1. The van der Waals surface area contributed by atoms with Crippen molar-refractivity contribution >= 4 is 28.5 Å². The fourth-order valence-electron chi connectivity index (χ4n) is 1.87. The molecule has 1 heterocycles. The first kappa shape index (κ1) is 11.9. The molecule has 5 heteroatoms. The van der Waals surface area contributed by atoms with Gasteiger partial charge in [0.2, 0.25) is 5.91 Å². The molecular formula is C9H14IN2O2. The van der Waals surface area contributed by atoms with Crippen LogP contribution in [0.2, 0.25) is 0 Å². The molecule has 79 valence electrons. The Balaban J connectivity index is 3.37. The maximum atomic E-state index is 11.9. The van der Waals surface area contributed by atoms with Crippen LogP contribution in [0.4, 0.5) is 0 Å². The van der Waals surface area contributed by atoms with E-state index in [4.69, 9.17) is 5.73 Å². The number of halogens is 1. The first-order valence-corrected chi connectivity index (χ1v) is 5.39. The number of carbonyl (C=O) groups excluding carboxylic acids is 1. The average Bonchev–Trinajstić information content (AvgIpc) is 2.10. The van der Waals surface area contributed by atoms with Gasteiger partial charge in [-0.25, -0.2) is 0 Å². The second-order valence-electron chi connectivity index (χ2n) is 4.47. The first-order valence-electron chi connectivity index (χ1n) is 4.31. The van der Waals surface area contributed by atoms with E-state index < -0.39 is 17.0 Å². The lowest BCUT2D eigenvalue weighted by molar-refractivity contribution is -0.238. The SMILES string of the molecule is CC1(C)C(I)=C(C(N)=O)C(C)(C)N1[O]. The van der Waals surface area contributed by atoms with Crippen molar-refractivity contribution in [1.82, 2.24) is 5.06 Å². The van der Waals surface area contributed by atoms with Gasteiger partial charge < -0.3 is 5.73 Å². The van der Waals surface area contributed by atoms with Crippen LogP contribution in [0.5, 0.6) is 0 Å². The van der Waals surface area contributed by atoms with E-state index in [2.05, 4.69) is 0 Å². The monoisotopic (exact) mass is 309 g/mol. The van der Waals surface area contributed by atoms with Crippen LogP contribution < -0.4 is 5.73 Å². The highest BCUT2D eigenvalue weighted by Crippen LogP contribution is 2.46. The van der Waals surface area contributed by atoms with Gasteiger partial charge in [-0.05, 0) is 50.3 Å². The molecule has 0 spiro atoms. The van der Waals surface area contributed by atoms with Crippen LogP contribution >= 0.6 is 22.6 Å². The van der Waals surface area contributed by atoms with E-state index in [1.54, 1.807) is 27.7 Å². The smallest absolute Gasteiger partial charge is 0.247 e. The molecule has 1 aliphatic rings. The predicted molar refractivity (Wildman–Crippen MR) is 60.9 cm³/mol. The van der Waals surface area contributed by atoms with Gasteiger partial charge in [-0.1, -0.05) is 0 Å². The molecule has 14 heavy (non-hydrogen) atoms. The summed E-state index contributed by atoms with van der Waals surface area (Å²) in [5.41, 5.74) is 4.22. The van der Waals surface area contributed by atoms with Crippen molar-refractivity contribution in [3.8, 4) is 0 Å². The number of nitrogens with two attached hydrogens (primary N) is 1. The number of hydrogen-bond acceptors (Lipinski definition) is 2. The molecule has 2 N–H and O–H groups in total. The van der Waals surface area contributed by atoms with Gasteiger partial charge >= 0.3 is 0 Å². The zero-order valence-electron chi connectivity index (χ0n) is 8.72. The van der Waals surface area contributed by atoms with E-state index >= 15 is 0 Å². The Kier molecular flexibility index (Phi) is 2.71. The molecule has 1 amide bonds. The molecule has 1 rings (SSSR count). The van der Waals surface area contributed by atoms with E-state index in [1.165, 1.54) is 0 Å². The van der Waals surface area contributed by atoms with Gasteiger partial charge in [-0.3, -0.25) is 4.79 Å². The van der Waals surface area contributed by atoms with Gasteiger partial charge in [-0.2, -0.15) is 0 Å². The third kappa shape index (κ3) is 1.38. The summed E-state index contributed by atoms with van der Waals surface area (Å²) in [6, 6.07) is 0. The van der Waals surface area contributed by atoms with Gasteiger partial charge in [0.25, 0.3) is 0 Å². The standard InChI is InChI=1S/C9H14IN2O2/c1-8(2)5(7(11)13)6(10)9(3,4)12(8)14/h1-4H3,(H2,11,13). The zero-order valence-corrected chi connectivity index (χ0v) is 10.9. The molecule has 1 aliphatic heterocycles. The minimum atomic E-state index is -0.828. The Hall–Kier alpha value is -0.140. The van der Waals surface area contributed by atoms with Crippen LogP contribution in [-0.2, 0) is 10.0 Å². The number of hydroxylamine groups is 2. The van der Waals surface area contributed by atoms with Crippen molar-refractivity contribution in [3.63, 3.8) is 0 Å². The number of carbonyl (C=O) groups is 1. The molecule has 4 nitrogen and oxygen atoms in total. The van der Waals surface area contributed by atoms with Crippen LogP contribution in [0.25, 0.3) is 0 Å². The highest BCUT2D eigenvalue weighted by atomic mass is 127. The van der Waals surface area contributed by atoms with E-state index in [0.29, 0.717) is 5.57 Å². The van der Waals surface area contributed by atoms with Crippen molar-refractivity contribution < 1.29 is 10.0 Å². The molecule has 0 bridgehead atoms. The minimum Gasteiger partial charge on any atom is -0.366 e. The first-order chi connectivity index (χ1) is 6.13. The molecule has 0 fully saturated rings. The minimum absolute atomic E-state index is 0.429. The molecule has 0 aromatic heterocycles. The third-order valence-corrected chi connectivity index (χ3v) is 4.49. The van der Waals surface area contributed by atoms with E-state index in [-0.39, 0.29) is 0 Å². The Morgan fingerprint density at radius 3 is 1.86 bits per heavy atom.